The van der Waals surface area contributed by atoms with E-state index in [0.29, 0.717) is 0 Å². The molecule has 4 nitrogen and oxygen atoms in total. The van der Waals surface area contributed by atoms with Crippen LogP contribution in [0.2, 0.25) is 0 Å². The fourth-order valence-electron chi connectivity index (χ4n) is 2.80. The molecule has 0 aliphatic carbocycles. The summed E-state index contributed by atoms with van der Waals surface area (Å²) in [4.78, 5) is 3.40. The molecule has 1 aliphatic rings. The monoisotopic (exact) mass is 241 g/mol. The summed E-state index contributed by atoms with van der Waals surface area (Å²) in [5, 5.41) is 5.71. The van der Waals surface area contributed by atoms with Gasteiger partial charge in [0.05, 0.1) is 17.2 Å². The smallest absolute Gasteiger partial charge is 0.150 e. The van der Waals surface area contributed by atoms with Crippen molar-refractivity contribution in [3.05, 3.63) is 30.5 Å². The molecular weight excluding hydrogens is 226 g/mol. The summed E-state index contributed by atoms with van der Waals surface area (Å²) < 4.78 is 7.87. The fourth-order valence-corrected chi connectivity index (χ4v) is 2.80. The van der Waals surface area contributed by atoms with Gasteiger partial charge in [0.25, 0.3) is 0 Å². The zero-order chi connectivity index (χ0) is 11.9. The summed E-state index contributed by atoms with van der Waals surface area (Å²) in [6, 6.07) is 8.35. The van der Waals surface area contributed by atoms with Gasteiger partial charge < -0.3 is 9.72 Å². The Morgan fingerprint density at radius 1 is 1.22 bits per heavy atom. The number of nitrogens with zero attached hydrogens (tertiary/aromatic N) is 2. The summed E-state index contributed by atoms with van der Waals surface area (Å²) in [6.07, 6.45) is 5.42. The van der Waals surface area contributed by atoms with E-state index in [1.54, 1.807) is 0 Å². The van der Waals surface area contributed by atoms with Gasteiger partial charge in [-0.25, -0.2) is 4.68 Å². The molecule has 1 N–H and O–H groups in total. The molecule has 0 bridgehead atoms. The number of para-hydroxylation sites is 1. The van der Waals surface area contributed by atoms with Crippen LogP contribution >= 0.6 is 0 Å². The molecule has 2 aromatic heterocycles. The van der Waals surface area contributed by atoms with Gasteiger partial charge in [-0.15, -0.1) is 0 Å². The first-order chi connectivity index (χ1) is 8.93. The summed E-state index contributed by atoms with van der Waals surface area (Å²) in [6.45, 7) is 0.842. The van der Waals surface area contributed by atoms with Crippen LogP contribution in [0, 0.1) is 0 Å². The third-order valence-corrected chi connectivity index (χ3v) is 3.68. The minimum Gasteiger partial charge on any atom is -0.356 e. The molecule has 18 heavy (non-hydrogen) atoms. The predicted molar refractivity (Wildman–Crippen MR) is 70.4 cm³/mol. The van der Waals surface area contributed by atoms with Crippen molar-refractivity contribution < 1.29 is 4.74 Å². The summed E-state index contributed by atoms with van der Waals surface area (Å²) in [7, 11) is 0. The van der Waals surface area contributed by atoms with Gasteiger partial charge in [0, 0.05) is 17.5 Å². The number of aromatic nitrogens is 3. The molecule has 0 amide bonds. The van der Waals surface area contributed by atoms with Crippen molar-refractivity contribution in [1.29, 1.82) is 0 Å². The number of aromatic amines is 1. The Morgan fingerprint density at radius 3 is 3.06 bits per heavy atom. The van der Waals surface area contributed by atoms with Crippen LogP contribution in [0.15, 0.2) is 30.5 Å². The summed E-state index contributed by atoms with van der Waals surface area (Å²) in [5.74, 6) is 0. The SMILES string of the molecule is c1ccc2c(c1)[nH]c1cnn(C3CCCCO3)c12. The molecule has 0 spiro atoms. The first-order valence-electron chi connectivity index (χ1n) is 6.49. The number of nitrogens with one attached hydrogen (secondary N) is 1. The maximum absolute atomic E-state index is 5.84. The number of hydrogen-bond acceptors (Lipinski definition) is 2. The predicted octanol–water partition coefficient (Wildman–Crippen LogP) is 3.22. The quantitative estimate of drug-likeness (QED) is 0.710. The standard InChI is InChI=1S/C14H15N3O/c1-2-6-11-10(5-1)14-12(16-11)9-15-17(14)13-7-3-4-8-18-13/h1-2,5-6,9,13,16H,3-4,7-8H2. The molecule has 3 heterocycles. The molecule has 92 valence electrons. The largest absolute Gasteiger partial charge is 0.356 e. The maximum atomic E-state index is 5.84. The van der Waals surface area contributed by atoms with Crippen molar-refractivity contribution in [3.63, 3.8) is 0 Å². The first-order valence-corrected chi connectivity index (χ1v) is 6.49. The van der Waals surface area contributed by atoms with Crippen LogP contribution in [-0.2, 0) is 4.74 Å². The van der Waals surface area contributed by atoms with Crippen molar-refractivity contribution in [1.82, 2.24) is 14.8 Å². The maximum Gasteiger partial charge on any atom is 0.150 e. The second-order valence-electron chi connectivity index (χ2n) is 4.84. The van der Waals surface area contributed by atoms with Gasteiger partial charge in [-0.2, -0.15) is 5.10 Å². The van der Waals surface area contributed by atoms with Crippen LogP contribution < -0.4 is 0 Å². The number of ether oxygens (including phenoxy) is 1. The molecule has 0 radical (unpaired) electrons. The van der Waals surface area contributed by atoms with Crippen LogP contribution in [0.4, 0.5) is 0 Å². The van der Waals surface area contributed by atoms with Crippen molar-refractivity contribution in [3.8, 4) is 0 Å². The molecule has 3 aromatic rings. The van der Waals surface area contributed by atoms with E-state index in [0.717, 1.165) is 36.0 Å². The number of fused-ring (bicyclic) bond motifs is 3. The van der Waals surface area contributed by atoms with E-state index < -0.39 is 0 Å². The van der Waals surface area contributed by atoms with E-state index >= 15 is 0 Å². The van der Waals surface area contributed by atoms with Crippen molar-refractivity contribution in [2.24, 2.45) is 0 Å². The molecule has 1 unspecified atom stereocenters. The molecular formula is C14H15N3O. The van der Waals surface area contributed by atoms with E-state index in [4.69, 9.17) is 4.74 Å². The first kappa shape index (κ1) is 10.1. The van der Waals surface area contributed by atoms with Gasteiger partial charge in [-0.1, -0.05) is 18.2 Å². The highest BCUT2D eigenvalue weighted by molar-refractivity contribution is 6.04. The molecule has 1 fully saturated rings. The molecule has 1 aliphatic heterocycles. The van der Waals surface area contributed by atoms with Gasteiger partial charge >= 0.3 is 0 Å². The topological polar surface area (TPSA) is 42.8 Å². The zero-order valence-corrected chi connectivity index (χ0v) is 10.1. The minimum absolute atomic E-state index is 0.0930. The average molecular weight is 241 g/mol. The third kappa shape index (κ3) is 1.39. The number of rotatable bonds is 1. The Hall–Kier alpha value is -1.81. The summed E-state index contributed by atoms with van der Waals surface area (Å²) in [5.41, 5.74) is 3.41. The molecule has 1 atom stereocenters. The normalized spacial score (nSPS) is 20.8. The van der Waals surface area contributed by atoms with Crippen LogP contribution in [0.1, 0.15) is 25.5 Å². The van der Waals surface area contributed by atoms with Crippen LogP contribution in [0.25, 0.3) is 21.9 Å². The minimum atomic E-state index is 0.0930. The van der Waals surface area contributed by atoms with Crippen LogP contribution in [0.5, 0.6) is 0 Å². The average Bonchev–Trinajstić information content (AvgIpc) is 2.98. The van der Waals surface area contributed by atoms with E-state index in [1.165, 1.54) is 11.8 Å². The van der Waals surface area contributed by atoms with Gasteiger partial charge in [0.2, 0.25) is 0 Å². The van der Waals surface area contributed by atoms with Crippen molar-refractivity contribution >= 4 is 21.9 Å². The Bertz CT molecular complexity index is 691. The Kier molecular flexibility index (Phi) is 2.17. The lowest BCUT2D eigenvalue weighted by Crippen LogP contribution is -2.18. The highest BCUT2D eigenvalue weighted by Crippen LogP contribution is 2.30. The molecule has 4 rings (SSSR count). The van der Waals surface area contributed by atoms with Gasteiger partial charge in [-0.3, -0.25) is 0 Å². The second-order valence-corrected chi connectivity index (χ2v) is 4.84. The number of hydrogen-bond donors (Lipinski definition) is 1. The number of benzene rings is 1. The van der Waals surface area contributed by atoms with Gasteiger partial charge in [-0.05, 0) is 25.3 Å². The third-order valence-electron chi connectivity index (χ3n) is 3.68. The fraction of sp³-hybridized carbons (Fsp3) is 0.357. The van der Waals surface area contributed by atoms with E-state index in [1.807, 2.05) is 16.9 Å². The highest BCUT2D eigenvalue weighted by Gasteiger charge is 2.20. The van der Waals surface area contributed by atoms with Gasteiger partial charge in [0.15, 0.2) is 6.23 Å². The molecule has 1 aromatic carbocycles. The summed E-state index contributed by atoms with van der Waals surface area (Å²) >= 11 is 0. The molecule has 1 saturated heterocycles. The Labute approximate surface area is 105 Å². The van der Waals surface area contributed by atoms with Crippen molar-refractivity contribution in [2.75, 3.05) is 6.61 Å². The van der Waals surface area contributed by atoms with Crippen molar-refractivity contribution in [2.45, 2.75) is 25.5 Å². The molecule has 0 saturated carbocycles. The lowest BCUT2D eigenvalue weighted by molar-refractivity contribution is -0.0365. The van der Waals surface area contributed by atoms with E-state index in [2.05, 4.69) is 28.3 Å². The number of H-pyrrole nitrogens is 1. The zero-order valence-electron chi connectivity index (χ0n) is 10.1. The Balaban J connectivity index is 1.94. The Morgan fingerprint density at radius 2 is 2.17 bits per heavy atom. The van der Waals surface area contributed by atoms with Gasteiger partial charge in [0.1, 0.15) is 0 Å². The van der Waals surface area contributed by atoms with Crippen LogP contribution in [0.3, 0.4) is 0 Å². The van der Waals surface area contributed by atoms with E-state index in [-0.39, 0.29) is 6.23 Å². The highest BCUT2D eigenvalue weighted by atomic mass is 16.5. The van der Waals surface area contributed by atoms with Crippen LogP contribution in [-0.4, -0.2) is 21.4 Å². The second kappa shape index (κ2) is 3.85. The van der Waals surface area contributed by atoms with E-state index in [9.17, 15) is 0 Å². The molecule has 4 heteroatoms. The lowest BCUT2D eigenvalue weighted by atomic mass is 10.2. The lowest BCUT2D eigenvalue weighted by Gasteiger charge is -2.23.